The summed E-state index contributed by atoms with van der Waals surface area (Å²) in [5.41, 5.74) is 1.17. The fraction of sp³-hybridized carbons (Fsp3) is 0.760. The predicted octanol–water partition coefficient (Wildman–Crippen LogP) is 5.80. The molecule has 6 heteroatoms. The van der Waals surface area contributed by atoms with Crippen molar-refractivity contribution in [1.82, 2.24) is 0 Å². The van der Waals surface area contributed by atoms with Gasteiger partial charge in [0.25, 0.3) is 10.1 Å². The van der Waals surface area contributed by atoms with Crippen molar-refractivity contribution in [2.75, 3.05) is 13.2 Å². The van der Waals surface area contributed by atoms with Crippen LogP contribution in [0.1, 0.15) is 82.6 Å². The van der Waals surface area contributed by atoms with E-state index >= 15 is 0 Å². The van der Waals surface area contributed by atoms with E-state index in [2.05, 4.69) is 6.92 Å². The molecule has 0 bridgehead atoms. The van der Waals surface area contributed by atoms with E-state index in [4.69, 9.17) is 9.47 Å². The highest BCUT2D eigenvalue weighted by Crippen LogP contribution is 2.45. The minimum Gasteiger partial charge on any atom is -0.350 e. The highest BCUT2D eigenvalue weighted by molar-refractivity contribution is 7.85. The van der Waals surface area contributed by atoms with Gasteiger partial charge in [-0.2, -0.15) is 8.42 Å². The van der Waals surface area contributed by atoms with Crippen LogP contribution in [0, 0.1) is 23.7 Å². The Bertz CT molecular complexity index is 784. The fourth-order valence-corrected chi connectivity index (χ4v) is 6.71. The van der Waals surface area contributed by atoms with Crippen LogP contribution in [0.5, 0.6) is 0 Å². The Labute approximate surface area is 187 Å². The maximum absolute atomic E-state index is 11.3. The first kappa shape index (κ1) is 23.2. The summed E-state index contributed by atoms with van der Waals surface area (Å²) < 4.78 is 42.9. The van der Waals surface area contributed by atoms with Gasteiger partial charge in [0.05, 0.1) is 18.1 Å². The first-order valence-electron chi connectivity index (χ1n) is 12.2. The Balaban J connectivity index is 1.20. The largest absolute Gasteiger partial charge is 0.350 e. The van der Waals surface area contributed by atoms with Gasteiger partial charge in [-0.25, -0.2) is 0 Å². The van der Waals surface area contributed by atoms with Crippen molar-refractivity contribution < 1.29 is 22.4 Å². The maximum Gasteiger partial charge on any atom is 0.294 e. The summed E-state index contributed by atoms with van der Waals surface area (Å²) in [6, 6.07) is 6.78. The zero-order chi connectivity index (χ0) is 21.8. The topological polar surface area (TPSA) is 72.8 Å². The smallest absolute Gasteiger partial charge is 0.294 e. The summed E-state index contributed by atoms with van der Waals surface area (Å²) in [6.07, 6.45) is 13.1. The van der Waals surface area contributed by atoms with Crippen LogP contribution in [0.15, 0.2) is 29.2 Å². The second-order valence-corrected chi connectivity index (χ2v) is 11.5. The molecule has 1 aromatic rings. The van der Waals surface area contributed by atoms with Gasteiger partial charge in [-0.15, -0.1) is 0 Å². The van der Waals surface area contributed by atoms with Crippen molar-refractivity contribution in [2.24, 2.45) is 23.7 Å². The molecule has 1 N–H and O–H groups in total. The van der Waals surface area contributed by atoms with E-state index in [1.165, 1.54) is 75.5 Å². The van der Waals surface area contributed by atoms with E-state index in [9.17, 15) is 13.0 Å². The average molecular weight is 451 g/mol. The molecule has 1 saturated heterocycles. The average Bonchev–Trinajstić information content (AvgIpc) is 3.31. The molecule has 5 nitrogen and oxygen atoms in total. The Kier molecular flexibility index (Phi) is 7.73. The molecule has 3 aliphatic rings. The summed E-state index contributed by atoms with van der Waals surface area (Å²) >= 11 is 0. The molecule has 4 rings (SSSR count). The van der Waals surface area contributed by atoms with Crippen LogP contribution in [0.3, 0.4) is 0 Å². The van der Waals surface area contributed by atoms with Gasteiger partial charge in [-0.3, -0.25) is 4.55 Å². The molecule has 0 amide bonds. The summed E-state index contributed by atoms with van der Waals surface area (Å²) in [4.78, 5) is -0.0222. The molecular weight excluding hydrogens is 412 g/mol. The molecule has 2 saturated carbocycles. The number of benzene rings is 1. The zero-order valence-corrected chi connectivity index (χ0v) is 19.6. The van der Waals surface area contributed by atoms with Crippen LogP contribution in [-0.2, 0) is 19.6 Å². The SMILES string of the molecule is CC(c1ccc(S(=O)(=O)O)cc1)C1CCC([C@H]2CC[C@H](CCC3OCCO3)CC2)CC1. The third-order valence-electron chi connectivity index (χ3n) is 8.29. The maximum atomic E-state index is 11.3. The van der Waals surface area contributed by atoms with Crippen LogP contribution in [-0.4, -0.2) is 32.5 Å². The predicted molar refractivity (Wildman–Crippen MR) is 120 cm³/mol. The molecule has 1 unspecified atom stereocenters. The van der Waals surface area contributed by atoms with Gasteiger partial charge in [0.2, 0.25) is 0 Å². The van der Waals surface area contributed by atoms with Gasteiger partial charge in [-0.1, -0.05) is 31.9 Å². The summed E-state index contributed by atoms with van der Waals surface area (Å²) in [5.74, 6) is 3.72. The highest BCUT2D eigenvalue weighted by Gasteiger charge is 2.33. The standard InChI is InChI=1S/C25H38O5S/c1-18(21-11-13-24(14-12-21)31(26,27)28)20-7-9-23(10-8-20)22-5-2-19(3-6-22)4-15-25-29-16-17-30-25/h11-14,18-20,22-23,25H,2-10,15-17H2,1H3,(H,26,27,28)/t18?,19-,20?,22-,23?. The Hall–Kier alpha value is -0.950. The lowest BCUT2D eigenvalue weighted by molar-refractivity contribution is -0.0514. The zero-order valence-electron chi connectivity index (χ0n) is 18.7. The van der Waals surface area contributed by atoms with Crippen LogP contribution in [0.4, 0.5) is 0 Å². The molecule has 31 heavy (non-hydrogen) atoms. The summed E-state index contributed by atoms with van der Waals surface area (Å²) in [6.45, 7) is 3.78. The van der Waals surface area contributed by atoms with E-state index in [-0.39, 0.29) is 11.2 Å². The molecule has 1 heterocycles. The second-order valence-electron chi connectivity index (χ2n) is 10.0. The van der Waals surface area contributed by atoms with Crippen molar-refractivity contribution in [3.05, 3.63) is 29.8 Å². The fourth-order valence-electron chi connectivity index (χ4n) is 6.23. The summed E-state index contributed by atoms with van der Waals surface area (Å²) in [7, 11) is -4.11. The molecule has 0 spiro atoms. The number of rotatable bonds is 7. The molecule has 2 aliphatic carbocycles. The van der Waals surface area contributed by atoms with Crippen molar-refractivity contribution in [3.63, 3.8) is 0 Å². The molecular formula is C25H38O5S. The second kappa shape index (κ2) is 10.3. The third-order valence-corrected chi connectivity index (χ3v) is 9.15. The first-order valence-corrected chi connectivity index (χ1v) is 13.6. The van der Waals surface area contributed by atoms with Crippen LogP contribution >= 0.6 is 0 Å². The summed E-state index contributed by atoms with van der Waals surface area (Å²) in [5, 5.41) is 0. The monoisotopic (exact) mass is 450 g/mol. The Morgan fingerprint density at radius 3 is 1.97 bits per heavy atom. The Morgan fingerprint density at radius 1 is 0.871 bits per heavy atom. The Morgan fingerprint density at radius 2 is 1.42 bits per heavy atom. The molecule has 1 atom stereocenters. The third kappa shape index (κ3) is 6.10. The van der Waals surface area contributed by atoms with Crippen molar-refractivity contribution in [3.8, 4) is 0 Å². The van der Waals surface area contributed by atoms with Crippen molar-refractivity contribution in [1.29, 1.82) is 0 Å². The highest BCUT2D eigenvalue weighted by atomic mass is 32.2. The molecule has 0 radical (unpaired) electrons. The van der Waals surface area contributed by atoms with Crippen molar-refractivity contribution >= 4 is 10.1 Å². The lowest BCUT2D eigenvalue weighted by Crippen LogP contribution is -2.27. The van der Waals surface area contributed by atoms with E-state index in [0.29, 0.717) is 11.8 Å². The quantitative estimate of drug-likeness (QED) is 0.531. The van der Waals surface area contributed by atoms with Gasteiger partial charge < -0.3 is 9.47 Å². The lowest BCUT2D eigenvalue weighted by Gasteiger charge is -2.39. The van der Waals surface area contributed by atoms with Crippen molar-refractivity contribution in [2.45, 2.75) is 88.2 Å². The van der Waals surface area contributed by atoms with Gasteiger partial charge >= 0.3 is 0 Å². The van der Waals surface area contributed by atoms with Gasteiger partial charge in [-0.05, 0) is 98.7 Å². The van der Waals surface area contributed by atoms with Gasteiger partial charge in [0.15, 0.2) is 6.29 Å². The number of hydrogen-bond acceptors (Lipinski definition) is 4. The molecule has 1 aromatic carbocycles. The first-order chi connectivity index (χ1) is 14.9. The van der Waals surface area contributed by atoms with Crippen LogP contribution in [0.25, 0.3) is 0 Å². The number of ether oxygens (including phenoxy) is 2. The molecule has 1 aliphatic heterocycles. The van der Waals surface area contributed by atoms with Crippen LogP contribution in [0.2, 0.25) is 0 Å². The van der Waals surface area contributed by atoms with E-state index in [1.54, 1.807) is 0 Å². The van der Waals surface area contributed by atoms with Crippen LogP contribution < -0.4 is 0 Å². The van der Waals surface area contributed by atoms with Gasteiger partial charge in [0, 0.05) is 0 Å². The molecule has 3 fully saturated rings. The van der Waals surface area contributed by atoms with E-state index in [0.717, 1.165) is 37.4 Å². The lowest BCUT2D eigenvalue weighted by atomic mass is 9.66. The minimum atomic E-state index is -4.11. The van der Waals surface area contributed by atoms with Gasteiger partial charge in [0.1, 0.15) is 0 Å². The normalized spacial score (nSPS) is 31.5. The molecule has 0 aromatic heterocycles. The number of hydrogen-bond donors (Lipinski definition) is 1. The van der Waals surface area contributed by atoms with E-state index < -0.39 is 10.1 Å². The molecule has 174 valence electrons. The minimum absolute atomic E-state index is 0.0222. The van der Waals surface area contributed by atoms with E-state index in [1.807, 2.05) is 12.1 Å².